The molecule has 0 radical (unpaired) electrons. The van der Waals surface area contributed by atoms with Gasteiger partial charge in [-0.25, -0.2) is 0 Å². The molecular formula is C9H15NO. The van der Waals surface area contributed by atoms with Gasteiger partial charge in [-0.05, 0) is 25.6 Å². The van der Waals surface area contributed by atoms with Crippen molar-refractivity contribution in [1.29, 1.82) is 0 Å². The van der Waals surface area contributed by atoms with Gasteiger partial charge in [0.2, 0.25) is 0 Å². The maximum Gasteiger partial charge on any atom is 0.105 e. The predicted molar refractivity (Wildman–Crippen MR) is 45.6 cm³/mol. The maximum atomic E-state index is 5.21. The quantitative estimate of drug-likeness (QED) is 0.713. The number of nitrogens with one attached hydrogen (secondary N) is 1. The van der Waals surface area contributed by atoms with Crippen molar-refractivity contribution in [3.05, 3.63) is 24.2 Å². The summed E-state index contributed by atoms with van der Waals surface area (Å²) in [5, 5.41) is 3.32. The molecule has 0 aliphatic heterocycles. The highest BCUT2D eigenvalue weighted by Gasteiger charge is 2.02. The lowest BCUT2D eigenvalue weighted by Gasteiger charge is -2.09. The zero-order valence-corrected chi connectivity index (χ0v) is 7.13. The summed E-state index contributed by atoms with van der Waals surface area (Å²) < 4.78 is 5.21. The fraction of sp³-hybridized carbons (Fsp3) is 0.556. The van der Waals surface area contributed by atoms with Crippen LogP contribution in [0.1, 0.15) is 19.6 Å². The summed E-state index contributed by atoms with van der Waals surface area (Å²) >= 11 is 0. The number of furan rings is 1. The van der Waals surface area contributed by atoms with Crippen molar-refractivity contribution in [2.45, 2.75) is 26.3 Å². The van der Waals surface area contributed by atoms with Crippen molar-refractivity contribution in [2.75, 3.05) is 6.54 Å². The Morgan fingerprint density at radius 1 is 1.64 bits per heavy atom. The van der Waals surface area contributed by atoms with Gasteiger partial charge in [-0.2, -0.15) is 0 Å². The number of likely N-dealkylation sites (N-methyl/N-ethyl adjacent to an activating group) is 1. The summed E-state index contributed by atoms with van der Waals surface area (Å²) in [5.74, 6) is 1.05. The van der Waals surface area contributed by atoms with Gasteiger partial charge in [-0.3, -0.25) is 0 Å². The van der Waals surface area contributed by atoms with Crippen molar-refractivity contribution >= 4 is 0 Å². The number of hydrogen-bond acceptors (Lipinski definition) is 2. The molecule has 1 rings (SSSR count). The monoisotopic (exact) mass is 153 g/mol. The molecule has 11 heavy (non-hydrogen) atoms. The van der Waals surface area contributed by atoms with Crippen LogP contribution < -0.4 is 5.32 Å². The van der Waals surface area contributed by atoms with E-state index in [-0.39, 0.29) is 0 Å². The summed E-state index contributed by atoms with van der Waals surface area (Å²) in [6, 6.07) is 4.44. The minimum Gasteiger partial charge on any atom is -0.469 e. The van der Waals surface area contributed by atoms with Crippen LogP contribution in [0.15, 0.2) is 22.8 Å². The van der Waals surface area contributed by atoms with Crippen LogP contribution in [0.5, 0.6) is 0 Å². The lowest BCUT2D eigenvalue weighted by atomic mass is 10.2. The molecule has 0 saturated heterocycles. The molecule has 2 nitrogen and oxygen atoms in total. The van der Waals surface area contributed by atoms with E-state index in [1.807, 2.05) is 12.1 Å². The van der Waals surface area contributed by atoms with Gasteiger partial charge < -0.3 is 9.73 Å². The van der Waals surface area contributed by atoms with E-state index >= 15 is 0 Å². The van der Waals surface area contributed by atoms with Crippen LogP contribution in [0.4, 0.5) is 0 Å². The Hall–Kier alpha value is -0.760. The highest BCUT2D eigenvalue weighted by molar-refractivity contribution is 4.99. The smallest absolute Gasteiger partial charge is 0.105 e. The zero-order chi connectivity index (χ0) is 8.10. The third kappa shape index (κ3) is 2.76. The van der Waals surface area contributed by atoms with Crippen LogP contribution >= 0.6 is 0 Å². The molecule has 1 unspecified atom stereocenters. The van der Waals surface area contributed by atoms with Crippen molar-refractivity contribution < 1.29 is 4.42 Å². The SMILES string of the molecule is CCNC(C)Cc1ccco1. The molecule has 0 amide bonds. The molecular weight excluding hydrogens is 138 g/mol. The first-order valence-electron chi connectivity index (χ1n) is 4.08. The molecule has 0 aliphatic rings. The highest BCUT2D eigenvalue weighted by atomic mass is 16.3. The van der Waals surface area contributed by atoms with Crippen LogP contribution in [-0.2, 0) is 6.42 Å². The molecule has 0 bridgehead atoms. The molecule has 1 atom stereocenters. The summed E-state index contributed by atoms with van der Waals surface area (Å²) in [6.07, 6.45) is 2.69. The third-order valence-corrected chi connectivity index (χ3v) is 1.64. The van der Waals surface area contributed by atoms with E-state index in [9.17, 15) is 0 Å². The van der Waals surface area contributed by atoms with Gasteiger partial charge in [0.05, 0.1) is 6.26 Å². The van der Waals surface area contributed by atoms with Crippen molar-refractivity contribution in [1.82, 2.24) is 5.32 Å². The normalized spacial score (nSPS) is 13.3. The second kappa shape index (κ2) is 4.19. The van der Waals surface area contributed by atoms with Crippen molar-refractivity contribution in [2.24, 2.45) is 0 Å². The first-order valence-corrected chi connectivity index (χ1v) is 4.08. The van der Waals surface area contributed by atoms with Crippen LogP contribution in [0.3, 0.4) is 0 Å². The van der Waals surface area contributed by atoms with E-state index in [0.717, 1.165) is 18.7 Å². The molecule has 0 spiro atoms. The van der Waals surface area contributed by atoms with E-state index in [4.69, 9.17) is 4.42 Å². The largest absolute Gasteiger partial charge is 0.469 e. The van der Waals surface area contributed by atoms with E-state index in [2.05, 4.69) is 19.2 Å². The minimum absolute atomic E-state index is 0.506. The van der Waals surface area contributed by atoms with Crippen molar-refractivity contribution in [3.63, 3.8) is 0 Å². The van der Waals surface area contributed by atoms with E-state index in [1.165, 1.54) is 0 Å². The molecule has 0 fully saturated rings. The fourth-order valence-corrected chi connectivity index (χ4v) is 1.15. The Bertz CT molecular complexity index is 181. The van der Waals surface area contributed by atoms with Gasteiger partial charge in [-0.15, -0.1) is 0 Å². The standard InChI is InChI=1S/C9H15NO/c1-3-10-8(2)7-9-5-4-6-11-9/h4-6,8,10H,3,7H2,1-2H3. The topological polar surface area (TPSA) is 25.2 Å². The molecule has 0 saturated carbocycles. The average Bonchev–Trinajstić information content (AvgIpc) is 2.40. The Balaban J connectivity index is 2.31. The minimum atomic E-state index is 0.506. The molecule has 1 aromatic rings. The predicted octanol–water partition coefficient (Wildman–Crippen LogP) is 1.82. The summed E-state index contributed by atoms with van der Waals surface area (Å²) in [5.41, 5.74) is 0. The van der Waals surface area contributed by atoms with Crippen LogP contribution in [-0.4, -0.2) is 12.6 Å². The zero-order valence-electron chi connectivity index (χ0n) is 7.13. The third-order valence-electron chi connectivity index (χ3n) is 1.64. The molecule has 0 aromatic carbocycles. The van der Waals surface area contributed by atoms with Crippen LogP contribution in [0, 0.1) is 0 Å². The Morgan fingerprint density at radius 2 is 2.45 bits per heavy atom. The van der Waals surface area contributed by atoms with Gasteiger partial charge >= 0.3 is 0 Å². The second-order valence-corrected chi connectivity index (χ2v) is 2.74. The number of rotatable bonds is 4. The Morgan fingerprint density at radius 3 is 3.00 bits per heavy atom. The summed E-state index contributed by atoms with van der Waals surface area (Å²) in [4.78, 5) is 0. The van der Waals surface area contributed by atoms with Gasteiger partial charge in [0.15, 0.2) is 0 Å². The molecule has 1 heterocycles. The summed E-state index contributed by atoms with van der Waals surface area (Å²) in [6.45, 7) is 5.28. The molecule has 1 aromatic heterocycles. The maximum absolute atomic E-state index is 5.21. The Labute approximate surface area is 67.6 Å². The van der Waals surface area contributed by atoms with Gasteiger partial charge in [0, 0.05) is 12.5 Å². The molecule has 2 heteroatoms. The van der Waals surface area contributed by atoms with Gasteiger partial charge in [0.1, 0.15) is 5.76 Å². The first kappa shape index (κ1) is 8.34. The number of hydrogen-bond donors (Lipinski definition) is 1. The Kier molecular flexibility index (Phi) is 3.17. The van der Waals surface area contributed by atoms with E-state index < -0.39 is 0 Å². The van der Waals surface area contributed by atoms with Gasteiger partial charge in [-0.1, -0.05) is 6.92 Å². The average molecular weight is 153 g/mol. The van der Waals surface area contributed by atoms with Crippen LogP contribution in [0.25, 0.3) is 0 Å². The highest BCUT2D eigenvalue weighted by Crippen LogP contribution is 2.03. The summed E-state index contributed by atoms with van der Waals surface area (Å²) in [7, 11) is 0. The first-order chi connectivity index (χ1) is 5.33. The van der Waals surface area contributed by atoms with E-state index in [0.29, 0.717) is 6.04 Å². The van der Waals surface area contributed by atoms with Crippen molar-refractivity contribution in [3.8, 4) is 0 Å². The van der Waals surface area contributed by atoms with E-state index in [1.54, 1.807) is 6.26 Å². The lowest BCUT2D eigenvalue weighted by Crippen LogP contribution is -2.27. The van der Waals surface area contributed by atoms with Gasteiger partial charge in [0.25, 0.3) is 0 Å². The molecule has 0 aliphatic carbocycles. The lowest BCUT2D eigenvalue weighted by molar-refractivity contribution is 0.462. The second-order valence-electron chi connectivity index (χ2n) is 2.74. The van der Waals surface area contributed by atoms with Crippen LogP contribution in [0.2, 0.25) is 0 Å². The fourth-order valence-electron chi connectivity index (χ4n) is 1.15. The molecule has 62 valence electrons. The molecule has 1 N–H and O–H groups in total.